The molecule has 4 aromatic rings. The Morgan fingerprint density at radius 1 is 1.05 bits per heavy atom. The smallest absolute Gasteiger partial charge is 0.242 e. The van der Waals surface area contributed by atoms with Crippen molar-refractivity contribution in [1.29, 1.82) is 0 Å². The van der Waals surface area contributed by atoms with E-state index in [1.54, 1.807) is 28.0 Å². The predicted octanol–water partition coefficient (Wildman–Crippen LogP) is 6.35. The van der Waals surface area contributed by atoms with Gasteiger partial charge in [0.25, 0.3) is 0 Å². The third kappa shape index (κ3) is 4.77. The molecule has 1 atom stereocenters. The normalized spacial score (nSPS) is 17.5. The van der Waals surface area contributed by atoms with Crippen LogP contribution in [0.25, 0.3) is 16.9 Å². The van der Waals surface area contributed by atoms with E-state index in [1.165, 1.54) is 0 Å². The van der Waals surface area contributed by atoms with Crippen LogP contribution in [0.3, 0.4) is 0 Å². The molecular weight excluding hydrogens is 536 g/mol. The van der Waals surface area contributed by atoms with Gasteiger partial charge in [-0.1, -0.05) is 47.5 Å². The number of thioether (sulfide) groups is 1. The summed E-state index contributed by atoms with van der Waals surface area (Å²) in [5, 5.41) is 7.73. The summed E-state index contributed by atoms with van der Waals surface area (Å²) in [4.78, 5) is 31.8. The Morgan fingerprint density at radius 2 is 1.79 bits per heavy atom. The van der Waals surface area contributed by atoms with Gasteiger partial charge in [-0.25, -0.2) is 4.68 Å². The molecule has 38 heavy (non-hydrogen) atoms. The lowest BCUT2D eigenvalue weighted by Crippen LogP contribution is -2.43. The number of rotatable bonds is 5. The molecule has 6 nitrogen and oxygen atoms in total. The van der Waals surface area contributed by atoms with Crippen LogP contribution in [-0.2, 0) is 9.59 Å². The first-order valence-electron chi connectivity index (χ1n) is 12.7. The fourth-order valence-electron chi connectivity index (χ4n) is 5.07. The number of amides is 2. The molecule has 1 fully saturated rings. The summed E-state index contributed by atoms with van der Waals surface area (Å²) in [6.45, 7) is 3.53. The Balaban J connectivity index is 1.59. The number of anilines is 1. The predicted molar refractivity (Wildman–Crippen MR) is 156 cm³/mol. The van der Waals surface area contributed by atoms with Crippen LogP contribution in [0.15, 0.2) is 66.0 Å². The fourth-order valence-corrected chi connectivity index (χ4v) is 7.37. The zero-order valence-corrected chi connectivity index (χ0v) is 23.4. The van der Waals surface area contributed by atoms with Gasteiger partial charge in [0.15, 0.2) is 0 Å². The quantitative estimate of drug-likeness (QED) is 0.284. The number of fused-ring (bicyclic) bond motifs is 1. The second kappa shape index (κ2) is 10.6. The van der Waals surface area contributed by atoms with Crippen molar-refractivity contribution < 1.29 is 9.59 Å². The monoisotopic (exact) mass is 562 g/mol. The standard InChI is InChI=1S/C29H27ClN4O2S2/c1-19-6-12-22(13-7-19)34-29-26(27(31-34)20-8-10-21(30)11-9-20)28(23-5-4-16-37-23)38-18-25(36)33(29)17-24(35)32-14-2-3-15-32/h4-13,16,28H,2-3,14-15,17-18H2,1H3/t28-/m1/s1. The van der Waals surface area contributed by atoms with E-state index in [4.69, 9.17) is 16.7 Å². The second-order valence-electron chi connectivity index (χ2n) is 9.61. The van der Waals surface area contributed by atoms with Crippen LogP contribution in [0.4, 0.5) is 5.82 Å². The van der Waals surface area contributed by atoms with Gasteiger partial charge in [-0.05, 0) is 55.5 Å². The highest BCUT2D eigenvalue weighted by Gasteiger charge is 2.38. The Hall–Kier alpha value is -3.07. The Labute approximate surface area is 235 Å². The number of benzene rings is 2. The van der Waals surface area contributed by atoms with E-state index in [2.05, 4.69) is 11.4 Å². The molecule has 0 aliphatic carbocycles. The van der Waals surface area contributed by atoms with E-state index in [0.717, 1.165) is 58.9 Å². The average Bonchev–Trinajstić information content (AvgIpc) is 3.69. The lowest BCUT2D eigenvalue weighted by Gasteiger charge is -2.25. The molecule has 0 radical (unpaired) electrons. The third-order valence-corrected chi connectivity index (χ3v) is 9.61. The first-order chi connectivity index (χ1) is 18.5. The average molecular weight is 563 g/mol. The van der Waals surface area contributed by atoms with Crippen LogP contribution >= 0.6 is 34.7 Å². The molecule has 6 rings (SSSR count). The molecule has 0 N–H and O–H groups in total. The number of aromatic nitrogens is 2. The van der Waals surface area contributed by atoms with Crippen LogP contribution in [0.1, 0.15) is 34.1 Å². The zero-order chi connectivity index (χ0) is 26.2. The van der Waals surface area contributed by atoms with Crippen LogP contribution in [0.5, 0.6) is 0 Å². The van der Waals surface area contributed by atoms with Crippen molar-refractivity contribution >= 4 is 52.3 Å². The van der Waals surface area contributed by atoms with Gasteiger partial charge in [-0.3, -0.25) is 14.5 Å². The molecule has 0 unspecified atom stereocenters. The molecule has 2 aliphatic rings. The summed E-state index contributed by atoms with van der Waals surface area (Å²) in [5.41, 5.74) is 4.63. The number of hydrogen-bond donors (Lipinski definition) is 0. The van der Waals surface area contributed by atoms with Crippen LogP contribution < -0.4 is 4.90 Å². The van der Waals surface area contributed by atoms with E-state index in [9.17, 15) is 9.59 Å². The number of carbonyl (C=O) groups is 2. The minimum atomic E-state index is -0.106. The van der Waals surface area contributed by atoms with E-state index in [-0.39, 0.29) is 29.4 Å². The molecule has 1 saturated heterocycles. The first kappa shape index (κ1) is 25.2. The second-order valence-corrected chi connectivity index (χ2v) is 12.1. The summed E-state index contributed by atoms with van der Waals surface area (Å²) in [6.07, 6.45) is 2.01. The molecule has 2 amide bonds. The Bertz CT molecular complexity index is 1460. The Kier molecular flexibility index (Phi) is 7.03. The molecule has 0 saturated carbocycles. The van der Waals surface area contributed by atoms with E-state index < -0.39 is 0 Å². The van der Waals surface area contributed by atoms with E-state index in [1.807, 2.05) is 71.1 Å². The van der Waals surface area contributed by atoms with Gasteiger partial charge < -0.3 is 4.90 Å². The summed E-state index contributed by atoms with van der Waals surface area (Å²) >= 11 is 9.50. The largest absolute Gasteiger partial charge is 0.341 e. The van der Waals surface area contributed by atoms with Gasteiger partial charge in [0, 0.05) is 34.1 Å². The molecular formula is C29H27ClN4O2S2. The maximum absolute atomic E-state index is 13.7. The molecule has 0 bridgehead atoms. The zero-order valence-electron chi connectivity index (χ0n) is 21.0. The maximum atomic E-state index is 13.7. The van der Waals surface area contributed by atoms with Crippen molar-refractivity contribution in [2.45, 2.75) is 25.0 Å². The number of aryl methyl sites for hydroxylation is 1. The molecule has 2 aromatic heterocycles. The van der Waals surface area contributed by atoms with Crippen molar-refractivity contribution in [2.24, 2.45) is 0 Å². The molecule has 194 valence electrons. The highest BCUT2D eigenvalue weighted by Crippen LogP contribution is 2.49. The number of halogens is 1. The van der Waals surface area contributed by atoms with Crippen LogP contribution in [-0.4, -0.2) is 51.9 Å². The van der Waals surface area contributed by atoms with Gasteiger partial charge >= 0.3 is 0 Å². The molecule has 2 aromatic carbocycles. The minimum Gasteiger partial charge on any atom is -0.341 e. The fraction of sp³-hybridized carbons (Fsp3) is 0.276. The van der Waals surface area contributed by atoms with Crippen molar-refractivity contribution in [1.82, 2.24) is 14.7 Å². The summed E-state index contributed by atoms with van der Waals surface area (Å²) in [5.74, 6) is 0.836. The van der Waals surface area contributed by atoms with Crippen molar-refractivity contribution in [3.63, 3.8) is 0 Å². The van der Waals surface area contributed by atoms with Crippen molar-refractivity contribution in [3.05, 3.63) is 87.1 Å². The first-order valence-corrected chi connectivity index (χ1v) is 15.0. The highest BCUT2D eigenvalue weighted by atomic mass is 35.5. The summed E-state index contributed by atoms with van der Waals surface area (Å²) in [7, 11) is 0. The highest BCUT2D eigenvalue weighted by molar-refractivity contribution is 8.00. The third-order valence-electron chi connectivity index (χ3n) is 7.04. The van der Waals surface area contributed by atoms with Crippen molar-refractivity contribution in [3.8, 4) is 16.9 Å². The van der Waals surface area contributed by atoms with Gasteiger partial charge in [0.1, 0.15) is 12.4 Å². The van der Waals surface area contributed by atoms with Gasteiger partial charge in [0.2, 0.25) is 11.8 Å². The van der Waals surface area contributed by atoms with Gasteiger partial charge in [0.05, 0.1) is 22.4 Å². The number of hydrogen-bond acceptors (Lipinski definition) is 5. The summed E-state index contributed by atoms with van der Waals surface area (Å²) in [6, 6.07) is 19.9. The maximum Gasteiger partial charge on any atom is 0.242 e. The molecule has 2 aliphatic heterocycles. The SMILES string of the molecule is Cc1ccc(-n2nc(-c3ccc(Cl)cc3)c3c2N(CC(=O)N2CCCC2)C(=O)CS[C@@H]3c2cccs2)cc1. The van der Waals surface area contributed by atoms with Gasteiger partial charge in [-0.15, -0.1) is 23.1 Å². The topological polar surface area (TPSA) is 58.4 Å². The number of carbonyl (C=O) groups excluding carboxylic acids is 2. The number of thiophene rings is 1. The lowest BCUT2D eigenvalue weighted by atomic mass is 10.0. The Morgan fingerprint density at radius 3 is 2.47 bits per heavy atom. The molecule has 4 heterocycles. The summed E-state index contributed by atoms with van der Waals surface area (Å²) < 4.78 is 1.85. The lowest BCUT2D eigenvalue weighted by molar-refractivity contribution is -0.130. The van der Waals surface area contributed by atoms with Crippen LogP contribution in [0, 0.1) is 6.92 Å². The van der Waals surface area contributed by atoms with E-state index in [0.29, 0.717) is 10.8 Å². The molecule has 9 heteroatoms. The number of nitrogens with zero attached hydrogens (tertiary/aromatic N) is 4. The van der Waals surface area contributed by atoms with Crippen LogP contribution in [0.2, 0.25) is 5.02 Å². The minimum absolute atomic E-state index is 0.00116. The number of likely N-dealkylation sites (tertiary alicyclic amines) is 1. The van der Waals surface area contributed by atoms with Crippen molar-refractivity contribution in [2.75, 3.05) is 30.3 Å². The molecule has 0 spiro atoms. The van der Waals surface area contributed by atoms with E-state index >= 15 is 0 Å². The van der Waals surface area contributed by atoms with Gasteiger partial charge in [-0.2, -0.15) is 5.10 Å².